The molecule has 0 unspecified atom stereocenters. The zero-order valence-electron chi connectivity index (χ0n) is 13.1. The van der Waals surface area contributed by atoms with Gasteiger partial charge in [-0.3, -0.25) is 0 Å². The number of ether oxygens (including phenoxy) is 1. The van der Waals surface area contributed by atoms with Crippen LogP contribution in [-0.2, 0) is 11.3 Å². The molecule has 0 saturated heterocycles. The fourth-order valence-corrected chi connectivity index (χ4v) is 4.25. The Kier molecular flexibility index (Phi) is 5.50. The Morgan fingerprint density at radius 1 is 1.24 bits per heavy atom. The van der Waals surface area contributed by atoms with E-state index in [0.29, 0.717) is 26.5 Å². The number of hydrogen-bond donors (Lipinski definition) is 1. The molecule has 0 saturated carbocycles. The zero-order valence-corrected chi connectivity index (χ0v) is 17.9. The minimum Gasteiger partial charge on any atom is -0.505 e. The third-order valence-corrected chi connectivity index (χ3v) is 6.34. The second kappa shape index (κ2) is 7.47. The van der Waals surface area contributed by atoms with Crippen LogP contribution >= 0.6 is 47.8 Å². The predicted molar refractivity (Wildman–Crippen MR) is 106 cm³/mol. The molecular weight excluding hydrogens is 520 g/mol. The molecule has 0 atom stereocenters. The summed E-state index contributed by atoms with van der Waals surface area (Å²) in [6.07, 6.45) is 0. The maximum atomic E-state index is 12.1. The van der Waals surface area contributed by atoms with Crippen LogP contribution in [0.4, 0.5) is 0 Å². The molecule has 0 amide bonds. The summed E-state index contributed by atoms with van der Waals surface area (Å²) in [6, 6.07) is 9.92. The molecule has 0 aliphatic heterocycles. The van der Waals surface area contributed by atoms with Crippen LogP contribution in [0.3, 0.4) is 0 Å². The van der Waals surface area contributed by atoms with Crippen LogP contribution < -0.4 is 0 Å². The van der Waals surface area contributed by atoms with Gasteiger partial charge >= 0.3 is 5.97 Å². The highest BCUT2D eigenvalue weighted by Crippen LogP contribution is 2.43. The number of esters is 1. The molecule has 3 rings (SSSR count). The van der Waals surface area contributed by atoms with E-state index < -0.39 is 5.97 Å². The van der Waals surface area contributed by atoms with Crippen molar-refractivity contribution in [1.82, 2.24) is 9.55 Å². The Labute approximate surface area is 169 Å². The molecule has 5 nitrogen and oxygen atoms in total. The van der Waals surface area contributed by atoms with Crippen LogP contribution in [-0.4, -0.2) is 27.2 Å². The van der Waals surface area contributed by atoms with Crippen LogP contribution in [0.5, 0.6) is 5.75 Å². The summed E-state index contributed by atoms with van der Waals surface area (Å²) in [7, 11) is 0. The van der Waals surface area contributed by atoms with E-state index in [1.165, 1.54) is 0 Å². The number of aromatic hydroxyl groups is 1. The van der Waals surface area contributed by atoms with Crippen LogP contribution in [0.1, 0.15) is 23.0 Å². The highest BCUT2D eigenvalue weighted by Gasteiger charge is 2.26. The molecule has 1 aromatic carbocycles. The molecule has 0 bridgehead atoms. The SMILES string of the molecule is CCOC(=O)c1nc(Br)c2c(c1O)c(Br)c(Br)n2Cc1ccccc1. The molecular formula is C17H13Br3N2O3. The van der Waals surface area contributed by atoms with Crippen molar-refractivity contribution < 1.29 is 14.6 Å². The summed E-state index contributed by atoms with van der Waals surface area (Å²) in [5.41, 5.74) is 1.65. The third-order valence-electron chi connectivity index (χ3n) is 3.66. The van der Waals surface area contributed by atoms with Gasteiger partial charge in [0.25, 0.3) is 0 Å². The van der Waals surface area contributed by atoms with Crippen LogP contribution in [0.2, 0.25) is 0 Å². The highest BCUT2D eigenvalue weighted by atomic mass is 79.9. The highest BCUT2D eigenvalue weighted by molar-refractivity contribution is 9.13. The molecule has 0 radical (unpaired) electrons. The standard InChI is InChI=1S/C17H13Br3N2O3/c1-2-25-17(24)12-14(23)10-11(18)16(20)22(13(10)15(19)21-12)8-9-6-4-3-5-7-9/h3-7,23H,2,8H2,1H3. The molecule has 0 fully saturated rings. The Hall–Kier alpha value is -1.38. The van der Waals surface area contributed by atoms with Crippen LogP contribution in [0.25, 0.3) is 10.9 Å². The first-order valence-corrected chi connectivity index (χ1v) is 9.80. The van der Waals surface area contributed by atoms with E-state index in [1.54, 1.807) is 6.92 Å². The van der Waals surface area contributed by atoms with Gasteiger partial charge in [-0.05, 0) is 60.3 Å². The zero-order chi connectivity index (χ0) is 18.1. The number of rotatable bonds is 4. The summed E-state index contributed by atoms with van der Waals surface area (Å²) >= 11 is 10.5. The van der Waals surface area contributed by atoms with Crippen molar-refractivity contribution >= 4 is 64.7 Å². The van der Waals surface area contributed by atoms with Crippen LogP contribution in [0.15, 0.2) is 44.0 Å². The van der Waals surface area contributed by atoms with Gasteiger partial charge in [0.15, 0.2) is 11.4 Å². The van der Waals surface area contributed by atoms with Gasteiger partial charge in [0, 0.05) is 6.54 Å². The number of pyridine rings is 1. The number of benzene rings is 1. The number of nitrogens with zero attached hydrogens (tertiary/aromatic N) is 2. The quantitative estimate of drug-likeness (QED) is 0.368. The topological polar surface area (TPSA) is 64.3 Å². The smallest absolute Gasteiger partial charge is 0.360 e. The second-order valence-corrected chi connectivity index (χ2v) is 7.52. The van der Waals surface area contributed by atoms with Gasteiger partial charge in [-0.25, -0.2) is 9.78 Å². The van der Waals surface area contributed by atoms with E-state index in [2.05, 4.69) is 52.8 Å². The monoisotopic (exact) mass is 530 g/mol. The minimum absolute atomic E-state index is 0.119. The van der Waals surface area contributed by atoms with E-state index in [1.807, 2.05) is 34.9 Å². The summed E-state index contributed by atoms with van der Waals surface area (Å²) in [5, 5.41) is 11.1. The lowest BCUT2D eigenvalue weighted by atomic mass is 10.2. The van der Waals surface area contributed by atoms with Crippen molar-refractivity contribution in [3.05, 3.63) is 55.3 Å². The van der Waals surface area contributed by atoms with E-state index in [0.717, 1.165) is 10.2 Å². The van der Waals surface area contributed by atoms with Crippen molar-refractivity contribution in [3.63, 3.8) is 0 Å². The third kappa shape index (κ3) is 3.35. The van der Waals surface area contributed by atoms with Crippen molar-refractivity contribution in [3.8, 4) is 5.75 Å². The number of halogens is 3. The molecule has 0 aliphatic rings. The van der Waals surface area contributed by atoms with Gasteiger partial charge in [-0.1, -0.05) is 30.3 Å². The van der Waals surface area contributed by atoms with Gasteiger partial charge in [0.1, 0.15) is 9.21 Å². The fraction of sp³-hybridized carbons (Fsp3) is 0.176. The van der Waals surface area contributed by atoms with E-state index >= 15 is 0 Å². The first-order chi connectivity index (χ1) is 12.0. The molecule has 25 heavy (non-hydrogen) atoms. The normalized spacial score (nSPS) is 11.0. The average molecular weight is 533 g/mol. The lowest BCUT2D eigenvalue weighted by Crippen LogP contribution is -2.08. The molecule has 8 heteroatoms. The Balaban J connectivity index is 2.22. The first-order valence-electron chi connectivity index (χ1n) is 7.42. The van der Waals surface area contributed by atoms with E-state index in [4.69, 9.17) is 4.74 Å². The number of carbonyl (C=O) groups excluding carboxylic acids is 1. The summed E-state index contributed by atoms with van der Waals surface area (Å²) < 4.78 is 8.76. The van der Waals surface area contributed by atoms with E-state index in [9.17, 15) is 9.90 Å². The Morgan fingerprint density at radius 3 is 2.56 bits per heavy atom. The van der Waals surface area contributed by atoms with Gasteiger partial charge in [0.05, 0.1) is 22.0 Å². The van der Waals surface area contributed by atoms with Crippen LogP contribution in [0, 0.1) is 0 Å². The van der Waals surface area contributed by atoms with Crippen molar-refractivity contribution in [2.75, 3.05) is 6.61 Å². The van der Waals surface area contributed by atoms with Gasteiger partial charge in [0.2, 0.25) is 0 Å². The molecule has 2 aromatic heterocycles. The predicted octanol–water partition coefficient (Wildman–Crippen LogP) is 5.25. The first kappa shape index (κ1) is 18.4. The van der Waals surface area contributed by atoms with Gasteiger partial charge in [-0.15, -0.1) is 0 Å². The molecule has 0 spiro atoms. The summed E-state index contributed by atoms with van der Waals surface area (Å²) in [6.45, 7) is 2.48. The van der Waals surface area contributed by atoms with Crippen molar-refractivity contribution in [2.24, 2.45) is 0 Å². The molecule has 130 valence electrons. The van der Waals surface area contributed by atoms with Crippen molar-refractivity contribution in [2.45, 2.75) is 13.5 Å². The molecule has 2 heterocycles. The van der Waals surface area contributed by atoms with Crippen molar-refractivity contribution in [1.29, 1.82) is 0 Å². The number of hydrogen-bond acceptors (Lipinski definition) is 4. The maximum absolute atomic E-state index is 12.1. The maximum Gasteiger partial charge on any atom is 0.360 e. The Morgan fingerprint density at radius 2 is 1.92 bits per heavy atom. The molecule has 0 aliphatic carbocycles. The lowest BCUT2D eigenvalue weighted by molar-refractivity contribution is 0.0516. The minimum atomic E-state index is -0.665. The second-order valence-electron chi connectivity index (χ2n) is 5.22. The number of aromatic nitrogens is 2. The van der Waals surface area contributed by atoms with Gasteiger partial charge in [-0.2, -0.15) is 0 Å². The molecule has 1 N–H and O–H groups in total. The molecule has 3 aromatic rings. The fourth-order valence-electron chi connectivity index (χ4n) is 2.57. The number of fused-ring (bicyclic) bond motifs is 1. The average Bonchev–Trinajstić information content (AvgIpc) is 2.85. The van der Waals surface area contributed by atoms with E-state index in [-0.39, 0.29) is 18.1 Å². The lowest BCUT2D eigenvalue weighted by Gasteiger charge is -2.10. The summed E-state index contributed by atoms with van der Waals surface area (Å²) in [5.74, 6) is -0.877. The Bertz CT molecular complexity index is 955. The van der Waals surface area contributed by atoms with Gasteiger partial charge < -0.3 is 14.4 Å². The number of carbonyl (C=O) groups is 1. The largest absolute Gasteiger partial charge is 0.505 e. The summed E-state index contributed by atoms with van der Waals surface area (Å²) in [4.78, 5) is 16.3.